The smallest absolute Gasteiger partial charge is 0.253 e. The normalized spacial score (nSPS) is 19.5. The van der Waals surface area contributed by atoms with Crippen molar-refractivity contribution in [2.24, 2.45) is 0 Å². The highest BCUT2D eigenvalue weighted by Gasteiger charge is 2.28. The van der Waals surface area contributed by atoms with Gasteiger partial charge in [-0.1, -0.05) is 0 Å². The molecule has 3 heterocycles. The third-order valence-corrected chi connectivity index (χ3v) is 4.85. The number of likely N-dealkylation sites (tertiary alicyclic amines) is 1. The molecule has 0 aliphatic carbocycles. The van der Waals surface area contributed by atoms with E-state index in [2.05, 4.69) is 10.3 Å². The Labute approximate surface area is 152 Å². The highest BCUT2D eigenvalue weighted by atomic mass is 16.5. The number of nitrogens with one attached hydrogen (secondary N) is 1. The average molecular weight is 351 g/mol. The van der Waals surface area contributed by atoms with Crippen molar-refractivity contribution < 1.29 is 14.3 Å². The van der Waals surface area contributed by atoms with Gasteiger partial charge in [-0.05, 0) is 48.7 Å². The molecule has 0 radical (unpaired) electrons. The van der Waals surface area contributed by atoms with Crippen LogP contribution in [-0.4, -0.2) is 40.9 Å². The molecule has 4 rings (SSSR count). The lowest BCUT2D eigenvalue weighted by molar-refractivity contribution is -0.116. The van der Waals surface area contributed by atoms with E-state index in [1.54, 1.807) is 18.5 Å². The van der Waals surface area contributed by atoms with Crippen molar-refractivity contribution in [3.05, 3.63) is 53.9 Å². The van der Waals surface area contributed by atoms with E-state index in [0.29, 0.717) is 25.1 Å². The van der Waals surface area contributed by atoms with Gasteiger partial charge in [0.25, 0.3) is 5.91 Å². The van der Waals surface area contributed by atoms with Crippen molar-refractivity contribution in [3.8, 4) is 5.75 Å². The molecule has 1 fully saturated rings. The number of pyridine rings is 1. The minimum Gasteiger partial charge on any atom is -0.487 e. The van der Waals surface area contributed by atoms with Crippen molar-refractivity contribution in [3.63, 3.8) is 0 Å². The predicted molar refractivity (Wildman–Crippen MR) is 97.2 cm³/mol. The number of fused-ring (bicyclic) bond motifs is 1. The second-order valence-electron chi connectivity index (χ2n) is 6.74. The van der Waals surface area contributed by atoms with Gasteiger partial charge in [-0.15, -0.1) is 0 Å². The summed E-state index contributed by atoms with van der Waals surface area (Å²) in [5.41, 5.74) is 2.52. The number of amides is 2. The van der Waals surface area contributed by atoms with Crippen LogP contribution in [0.5, 0.6) is 5.75 Å². The van der Waals surface area contributed by atoms with Crippen LogP contribution in [0.1, 0.15) is 35.2 Å². The SMILES string of the molecule is O=C1CCCc2cc(C(=O)N3CC[C@@H](Oc4cccnc4)C3)ccc2N1. The molecule has 1 N–H and O–H groups in total. The first-order chi connectivity index (χ1) is 12.7. The van der Waals surface area contributed by atoms with Crippen molar-refractivity contribution in [1.29, 1.82) is 0 Å². The van der Waals surface area contributed by atoms with Gasteiger partial charge in [0, 0.05) is 36.8 Å². The number of anilines is 1. The van der Waals surface area contributed by atoms with E-state index in [1.165, 1.54) is 0 Å². The standard InChI is InChI=1S/C20H21N3O3/c24-19-5-1-3-14-11-15(6-7-18(14)22-19)20(25)23-10-8-17(13-23)26-16-4-2-9-21-12-16/h2,4,6-7,9,11-12,17H,1,3,5,8,10,13H2,(H,22,24)/t17-/m1/s1. The van der Waals surface area contributed by atoms with Crippen LogP contribution in [-0.2, 0) is 11.2 Å². The highest BCUT2D eigenvalue weighted by molar-refractivity contribution is 5.97. The number of aromatic nitrogens is 1. The summed E-state index contributed by atoms with van der Waals surface area (Å²) in [4.78, 5) is 30.4. The molecule has 6 nitrogen and oxygen atoms in total. The molecule has 2 amide bonds. The predicted octanol–water partition coefficient (Wildman–Crippen LogP) is 2.65. The van der Waals surface area contributed by atoms with Gasteiger partial charge in [0.2, 0.25) is 5.91 Å². The lowest BCUT2D eigenvalue weighted by atomic mass is 10.0. The molecule has 134 valence electrons. The molecule has 1 aromatic heterocycles. The van der Waals surface area contributed by atoms with Gasteiger partial charge in [0.15, 0.2) is 0 Å². The summed E-state index contributed by atoms with van der Waals surface area (Å²) in [6, 6.07) is 9.26. The van der Waals surface area contributed by atoms with E-state index >= 15 is 0 Å². The topological polar surface area (TPSA) is 71.5 Å². The minimum absolute atomic E-state index is 0.0109. The van der Waals surface area contributed by atoms with Crippen LogP contribution in [0.2, 0.25) is 0 Å². The van der Waals surface area contributed by atoms with Crippen LogP contribution < -0.4 is 10.1 Å². The molecule has 2 aliphatic heterocycles. The maximum Gasteiger partial charge on any atom is 0.253 e. The lowest BCUT2D eigenvalue weighted by Gasteiger charge is -2.18. The number of nitrogens with zero attached hydrogens (tertiary/aromatic N) is 2. The van der Waals surface area contributed by atoms with E-state index in [9.17, 15) is 9.59 Å². The molecule has 26 heavy (non-hydrogen) atoms. The molecule has 0 bridgehead atoms. The van der Waals surface area contributed by atoms with Crippen molar-refractivity contribution in [2.75, 3.05) is 18.4 Å². The molecule has 2 aromatic rings. The second kappa shape index (κ2) is 7.15. The number of carbonyl (C=O) groups is 2. The van der Waals surface area contributed by atoms with Crippen LogP contribution in [0.15, 0.2) is 42.7 Å². The summed E-state index contributed by atoms with van der Waals surface area (Å²) in [6.07, 6.45) is 6.33. The number of rotatable bonds is 3. The minimum atomic E-state index is -0.0109. The Bertz CT molecular complexity index is 822. The zero-order valence-electron chi connectivity index (χ0n) is 14.5. The fourth-order valence-electron chi connectivity index (χ4n) is 3.51. The molecule has 0 unspecified atom stereocenters. The summed E-state index contributed by atoms with van der Waals surface area (Å²) >= 11 is 0. The first-order valence-electron chi connectivity index (χ1n) is 8.98. The fourth-order valence-corrected chi connectivity index (χ4v) is 3.51. The summed E-state index contributed by atoms with van der Waals surface area (Å²) in [7, 11) is 0. The van der Waals surface area contributed by atoms with Gasteiger partial charge in [-0.3, -0.25) is 14.6 Å². The van der Waals surface area contributed by atoms with Gasteiger partial charge >= 0.3 is 0 Å². The maximum atomic E-state index is 12.9. The van der Waals surface area contributed by atoms with Gasteiger partial charge in [-0.2, -0.15) is 0 Å². The second-order valence-corrected chi connectivity index (χ2v) is 6.74. The Balaban J connectivity index is 1.43. The molecule has 1 saturated heterocycles. The van der Waals surface area contributed by atoms with Gasteiger partial charge in [0.1, 0.15) is 11.9 Å². The van der Waals surface area contributed by atoms with Crippen LogP contribution in [0.25, 0.3) is 0 Å². The molecule has 1 atom stereocenters. The summed E-state index contributed by atoms with van der Waals surface area (Å²) in [5, 5.41) is 2.90. The summed E-state index contributed by atoms with van der Waals surface area (Å²) in [6.45, 7) is 1.25. The zero-order valence-corrected chi connectivity index (χ0v) is 14.5. The summed E-state index contributed by atoms with van der Waals surface area (Å²) in [5.74, 6) is 0.783. The van der Waals surface area contributed by atoms with E-state index in [4.69, 9.17) is 4.74 Å². The monoisotopic (exact) mass is 351 g/mol. The Morgan fingerprint density at radius 3 is 3.04 bits per heavy atom. The molecule has 2 aliphatic rings. The molecular weight excluding hydrogens is 330 g/mol. The van der Waals surface area contributed by atoms with Crippen molar-refractivity contribution >= 4 is 17.5 Å². The number of hydrogen-bond acceptors (Lipinski definition) is 4. The number of carbonyl (C=O) groups excluding carboxylic acids is 2. The Morgan fingerprint density at radius 2 is 2.19 bits per heavy atom. The maximum absolute atomic E-state index is 12.9. The van der Waals surface area contributed by atoms with Crippen LogP contribution in [0, 0.1) is 0 Å². The van der Waals surface area contributed by atoms with E-state index < -0.39 is 0 Å². The zero-order chi connectivity index (χ0) is 17.9. The average Bonchev–Trinajstić information content (AvgIpc) is 3.03. The highest BCUT2D eigenvalue weighted by Crippen LogP contribution is 2.25. The van der Waals surface area contributed by atoms with Crippen LogP contribution >= 0.6 is 0 Å². The Hall–Kier alpha value is -2.89. The Kier molecular flexibility index (Phi) is 4.56. The van der Waals surface area contributed by atoms with Crippen LogP contribution in [0.3, 0.4) is 0 Å². The molecule has 0 saturated carbocycles. The fraction of sp³-hybridized carbons (Fsp3) is 0.350. The number of hydrogen-bond donors (Lipinski definition) is 1. The summed E-state index contributed by atoms with van der Waals surface area (Å²) < 4.78 is 5.91. The van der Waals surface area contributed by atoms with Crippen LogP contribution in [0.4, 0.5) is 5.69 Å². The first kappa shape index (κ1) is 16.6. The van der Waals surface area contributed by atoms with Gasteiger partial charge in [-0.25, -0.2) is 0 Å². The van der Waals surface area contributed by atoms with Gasteiger partial charge in [0.05, 0.1) is 12.7 Å². The third-order valence-electron chi connectivity index (χ3n) is 4.85. The van der Waals surface area contributed by atoms with E-state index in [1.807, 2.05) is 29.2 Å². The Morgan fingerprint density at radius 1 is 1.27 bits per heavy atom. The molecule has 1 aromatic carbocycles. The number of aryl methyl sites for hydroxylation is 1. The quantitative estimate of drug-likeness (QED) is 0.923. The first-order valence-corrected chi connectivity index (χ1v) is 8.98. The van der Waals surface area contributed by atoms with E-state index in [0.717, 1.165) is 36.3 Å². The molecule has 0 spiro atoms. The van der Waals surface area contributed by atoms with E-state index in [-0.39, 0.29) is 17.9 Å². The van der Waals surface area contributed by atoms with Crippen molar-refractivity contribution in [2.45, 2.75) is 31.8 Å². The molecular formula is C20H21N3O3. The number of ether oxygens (including phenoxy) is 1. The lowest BCUT2D eigenvalue weighted by Crippen LogP contribution is -2.31. The molecule has 6 heteroatoms. The third kappa shape index (κ3) is 3.54. The van der Waals surface area contributed by atoms with Crippen molar-refractivity contribution in [1.82, 2.24) is 9.88 Å². The largest absolute Gasteiger partial charge is 0.487 e. The number of benzene rings is 1. The van der Waals surface area contributed by atoms with Gasteiger partial charge < -0.3 is 15.0 Å².